The van der Waals surface area contributed by atoms with Gasteiger partial charge in [-0.15, -0.1) is 0 Å². The van der Waals surface area contributed by atoms with Crippen molar-refractivity contribution < 1.29 is 4.79 Å². The van der Waals surface area contributed by atoms with Gasteiger partial charge in [0.2, 0.25) is 5.91 Å². The smallest absolute Gasteiger partial charge is 0.230 e. The maximum Gasteiger partial charge on any atom is 0.230 e. The van der Waals surface area contributed by atoms with Crippen LogP contribution in [0.4, 0.5) is 5.82 Å². The minimum Gasteiger partial charge on any atom is -0.354 e. The van der Waals surface area contributed by atoms with Crippen molar-refractivity contribution >= 4 is 22.8 Å². The fourth-order valence-corrected chi connectivity index (χ4v) is 5.50. The van der Waals surface area contributed by atoms with Crippen LogP contribution in [0.2, 0.25) is 0 Å². The highest BCUT2D eigenvalue weighted by Crippen LogP contribution is 2.30. The molecule has 38 heavy (non-hydrogen) atoms. The fourth-order valence-electron chi connectivity index (χ4n) is 5.50. The summed E-state index contributed by atoms with van der Waals surface area (Å²) in [6, 6.07) is 20.3. The number of aromatic nitrogens is 4. The minimum absolute atomic E-state index is 0.0980. The number of nitrogens with zero attached hydrogens (tertiary/aromatic N) is 6. The van der Waals surface area contributed by atoms with Crippen molar-refractivity contribution in [3.63, 3.8) is 0 Å². The van der Waals surface area contributed by atoms with Crippen molar-refractivity contribution in [3.05, 3.63) is 78.2 Å². The number of hydrogen-bond donors (Lipinski definition) is 0. The van der Waals surface area contributed by atoms with E-state index >= 15 is 0 Å². The molecule has 2 atom stereocenters. The lowest BCUT2D eigenvalue weighted by Crippen LogP contribution is -2.38. The van der Waals surface area contributed by atoms with Crippen LogP contribution in [0.5, 0.6) is 0 Å². The zero-order valence-electron chi connectivity index (χ0n) is 22.8. The molecule has 2 aromatic carbocycles. The zero-order valence-corrected chi connectivity index (χ0v) is 22.8. The molecule has 0 aliphatic carbocycles. The van der Waals surface area contributed by atoms with Crippen molar-refractivity contribution in [1.82, 2.24) is 24.6 Å². The van der Waals surface area contributed by atoms with Gasteiger partial charge in [-0.3, -0.25) is 4.79 Å². The van der Waals surface area contributed by atoms with E-state index in [4.69, 9.17) is 15.1 Å². The third-order valence-corrected chi connectivity index (χ3v) is 7.60. The Hall–Kier alpha value is -3.74. The van der Waals surface area contributed by atoms with E-state index in [1.165, 1.54) is 0 Å². The monoisotopic (exact) mass is 510 g/mol. The summed E-state index contributed by atoms with van der Waals surface area (Å²) in [5.74, 6) is 2.17. The lowest BCUT2D eigenvalue weighted by Gasteiger charge is -2.27. The van der Waals surface area contributed by atoms with Crippen LogP contribution in [0.15, 0.2) is 66.9 Å². The number of carbonyl (C=O) groups excluding carboxylic acids is 1. The molecule has 1 amide bonds. The second-order valence-electron chi connectivity index (χ2n) is 10.3. The summed E-state index contributed by atoms with van der Waals surface area (Å²) in [4.78, 5) is 28.1. The molecule has 7 nitrogen and oxygen atoms in total. The normalized spacial score (nSPS) is 15.9. The summed E-state index contributed by atoms with van der Waals surface area (Å²) >= 11 is 0. The number of rotatable bonds is 8. The molecule has 1 saturated heterocycles. The van der Waals surface area contributed by atoms with Gasteiger partial charge in [0.25, 0.3) is 0 Å². The second kappa shape index (κ2) is 11.8. The Balaban J connectivity index is 1.45. The van der Waals surface area contributed by atoms with Gasteiger partial charge in [-0.1, -0.05) is 75.7 Å². The first-order valence-corrected chi connectivity index (χ1v) is 14.0. The molecule has 1 fully saturated rings. The van der Waals surface area contributed by atoms with Gasteiger partial charge in [0.15, 0.2) is 5.65 Å². The average Bonchev–Trinajstić information content (AvgIpc) is 3.23. The Kier molecular flexibility index (Phi) is 8.01. The van der Waals surface area contributed by atoms with Gasteiger partial charge in [-0.05, 0) is 37.0 Å². The van der Waals surface area contributed by atoms with Crippen LogP contribution in [0.1, 0.15) is 69.7 Å². The van der Waals surface area contributed by atoms with Gasteiger partial charge in [0, 0.05) is 32.1 Å². The number of carbonyl (C=O) groups is 1. The van der Waals surface area contributed by atoms with Crippen molar-refractivity contribution in [3.8, 4) is 5.69 Å². The van der Waals surface area contributed by atoms with Crippen LogP contribution in [-0.2, 0) is 4.79 Å². The molecule has 0 unspecified atom stereocenters. The SMILES string of the molecule is CCC[C@@H](C)c1nc(N2CCCN(C(=O)[C@@H](CC)c3ccccc3)CC2)c2cnn(-c3ccccc3)c2n1. The Morgan fingerprint density at radius 3 is 2.37 bits per heavy atom. The number of amides is 1. The standard InChI is InChI=1S/C31H38N6O/c1-4-13-23(3)28-33-29(27-22-32-37(30(27)34-28)25-16-10-7-11-17-25)35-18-12-19-36(21-20-35)31(38)26(5-2)24-14-8-6-9-15-24/h6-11,14-17,22-23,26H,4-5,12-13,18-21H2,1-3H3/t23-,26+/m1/s1. The largest absolute Gasteiger partial charge is 0.354 e. The van der Waals surface area contributed by atoms with E-state index in [1.807, 2.05) is 52.2 Å². The molecule has 1 aliphatic heterocycles. The van der Waals surface area contributed by atoms with Crippen molar-refractivity contribution in [2.45, 2.75) is 58.3 Å². The molecule has 0 spiro atoms. The summed E-state index contributed by atoms with van der Waals surface area (Å²) in [6.07, 6.45) is 5.70. The van der Waals surface area contributed by atoms with Gasteiger partial charge in [-0.25, -0.2) is 14.6 Å². The van der Waals surface area contributed by atoms with E-state index in [9.17, 15) is 4.79 Å². The molecule has 1 aliphatic rings. The Labute approximate surface area is 225 Å². The predicted molar refractivity (Wildman–Crippen MR) is 153 cm³/mol. The summed E-state index contributed by atoms with van der Waals surface area (Å²) < 4.78 is 1.92. The number of benzene rings is 2. The van der Waals surface area contributed by atoms with Crippen molar-refractivity contribution in [2.75, 3.05) is 31.1 Å². The topological polar surface area (TPSA) is 67.2 Å². The zero-order chi connectivity index (χ0) is 26.5. The summed E-state index contributed by atoms with van der Waals surface area (Å²) in [7, 11) is 0. The average molecular weight is 511 g/mol. The Morgan fingerprint density at radius 2 is 1.66 bits per heavy atom. The summed E-state index contributed by atoms with van der Waals surface area (Å²) in [5.41, 5.74) is 2.92. The quantitative estimate of drug-likeness (QED) is 0.293. The first-order chi connectivity index (χ1) is 18.6. The fraction of sp³-hybridized carbons (Fsp3) is 0.419. The molecular formula is C31H38N6O. The third kappa shape index (κ3) is 5.28. The van der Waals surface area contributed by atoms with Crippen LogP contribution in [0.25, 0.3) is 16.7 Å². The van der Waals surface area contributed by atoms with Crippen LogP contribution in [0, 0.1) is 0 Å². The second-order valence-corrected chi connectivity index (χ2v) is 10.3. The van der Waals surface area contributed by atoms with Gasteiger partial charge in [0.05, 0.1) is 23.2 Å². The molecule has 4 aromatic rings. The van der Waals surface area contributed by atoms with Gasteiger partial charge in [0.1, 0.15) is 11.6 Å². The van der Waals surface area contributed by atoms with Gasteiger partial charge < -0.3 is 9.80 Å². The Bertz CT molecular complexity index is 1350. The van der Waals surface area contributed by atoms with E-state index < -0.39 is 0 Å². The molecule has 2 aromatic heterocycles. The van der Waals surface area contributed by atoms with Gasteiger partial charge >= 0.3 is 0 Å². The lowest BCUT2D eigenvalue weighted by atomic mass is 9.95. The minimum atomic E-state index is -0.0980. The maximum atomic E-state index is 13.6. The van der Waals surface area contributed by atoms with Gasteiger partial charge in [-0.2, -0.15) is 5.10 Å². The highest BCUT2D eigenvalue weighted by Gasteiger charge is 2.28. The third-order valence-electron chi connectivity index (χ3n) is 7.60. The molecule has 7 heteroatoms. The first-order valence-electron chi connectivity index (χ1n) is 14.0. The Morgan fingerprint density at radius 1 is 0.921 bits per heavy atom. The molecular weight excluding hydrogens is 472 g/mol. The first kappa shape index (κ1) is 25.9. The molecule has 0 radical (unpaired) electrons. The van der Waals surface area contributed by atoms with Crippen LogP contribution >= 0.6 is 0 Å². The van der Waals surface area contributed by atoms with Crippen LogP contribution < -0.4 is 4.90 Å². The highest BCUT2D eigenvalue weighted by atomic mass is 16.2. The van der Waals surface area contributed by atoms with E-state index in [-0.39, 0.29) is 17.7 Å². The summed E-state index contributed by atoms with van der Waals surface area (Å²) in [6.45, 7) is 9.52. The number of anilines is 1. The number of para-hydroxylation sites is 1. The van der Waals surface area contributed by atoms with E-state index in [0.717, 1.165) is 79.2 Å². The maximum absolute atomic E-state index is 13.6. The molecule has 0 saturated carbocycles. The predicted octanol–water partition coefficient (Wildman–Crippen LogP) is 5.95. The molecule has 3 heterocycles. The number of hydrogen-bond acceptors (Lipinski definition) is 5. The summed E-state index contributed by atoms with van der Waals surface area (Å²) in [5, 5.41) is 5.68. The molecule has 0 N–H and O–H groups in total. The molecule has 198 valence electrons. The van der Waals surface area contributed by atoms with Crippen LogP contribution in [0.3, 0.4) is 0 Å². The van der Waals surface area contributed by atoms with Crippen LogP contribution in [-0.4, -0.2) is 56.7 Å². The number of fused-ring (bicyclic) bond motifs is 1. The molecule has 5 rings (SSSR count). The highest BCUT2D eigenvalue weighted by molar-refractivity contribution is 5.88. The molecule has 0 bridgehead atoms. The van der Waals surface area contributed by atoms with Crippen molar-refractivity contribution in [2.24, 2.45) is 0 Å². The van der Waals surface area contributed by atoms with E-state index in [1.54, 1.807) is 0 Å². The van der Waals surface area contributed by atoms with E-state index in [0.29, 0.717) is 6.54 Å². The lowest BCUT2D eigenvalue weighted by molar-refractivity contribution is -0.132. The van der Waals surface area contributed by atoms with E-state index in [2.05, 4.69) is 49.9 Å². The van der Waals surface area contributed by atoms with Crippen molar-refractivity contribution in [1.29, 1.82) is 0 Å².